The van der Waals surface area contributed by atoms with E-state index in [1.807, 2.05) is 6.92 Å². The van der Waals surface area contributed by atoms with Gasteiger partial charge in [0, 0.05) is 11.3 Å². The zero-order chi connectivity index (χ0) is 67.5. The molecule has 93 heavy (non-hydrogen) atoms. The first-order valence-corrected chi connectivity index (χ1v) is 32.9. The summed E-state index contributed by atoms with van der Waals surface area (Å²) < 4.78 is 71.9. The van der Waals surface area contributed by atoms with Gasteiger partial charge in [-0.1, -0.05) is 51.5 Å². The lowest BCUT2D eigenvalue weighted by molar-refractivity contribution is -0.384. The van der Waals surface area contributed by atoms with Crippen LogP contribution in [0.25, 0.3) is 0 Å². The molecule has 30 heteroatoms. The van der Waals surface area contributed by atoms with E-state index in [-0.39, 0.29) is 23.9 Å². The molecule has 17 N–H and O–H groups in total. The van der Waals surface area contributed by atoms with Crippen LogP contribution < -0.4 is 0 Å². The minimum Gasteiger partial charge on any atom is -0.432 e. The van der Waals surface area contributed by atoms with Crippen LogP contribution in [0.15, 0.2) is 23.8 Å². The molecular weight excluding hydrogens is 1240 g/mol. The fraction of sp³-hybridized carbons (Fsp3) is 0.921. The molecule has 4 saturated carbocycles. The van der Waals surface area contributed by atoms with Gasteiger partial charge in [0.2, 0.25) is 6.29 Å². The SMILES string of the molecule is C=C1CC[C@]2(C(=O)O[C@@H]3O[C@H](CO[C@@H]4O[C@H](CO)[C@H](O[C@@H]5O[C@@H](C)[C@H](O)[C@@H](O)[C@H]5O)[C@@H](O)[C@H]4O)[C@H](O)[C@H](O)[C@H]3O)CC[C@]3(C)C(=CC[C@@H]4[C@@]5(C)CC[C@H](O[C@@H]6OC[C@H](O)[C@H](O[C@@H]7OC[C@@H](O)[C@H](O)[C@H]7O)[C@H]6O[C@@H]6O[C@@H](C)[C@H](O)[C@@H](O)[C@H]6O)[C@@](C)(CO)[C@@H]5CC[C@]43C)[C@@H]2C1. The maximum absolute atomic E-state index is 15.2. The number of hydrogen-bond donors (Lipinski definition) is 17. The molecule has 0 aromatic rings. The van der Waals surface area contributed by atoms with E-state index < -0.39 is 238 Å². The molecule has 11 aliphatic rings. The van der Waals surface area contributed by atoms with Crippen LogP contribution in [-0.2, 0) is 61.6 Å². The van der Waals surface area contributed by atoms with Crippen molar-refractivity contribution in [3.8, 4) is 0 Å². The molecule has 0 bridgehead atoms. The Morgan fingerprint density at radius 3 is 1.76 bits per heavy atom. The molecule has 30 nitrogen and oxygen atoms in total. The first-order valence-electron chi connectivity index (χ1n) is 32.9. The molecule has 6 heterocycles. The molecule has 0 aromatic carbocycles. The second-order valence-electron chi connectivity index (χ2n) is 29.4. The van der Waals surface area contributed by atoms with Crippen molar-refractivity contribution in [1.29, 1.82) is 0 Å². The Morgan fingerprint density at radius 2 is 1.12 bits per heavy atom. The Hall–Kier alpha value is -2.17. The number of ether oxygens (including phenoxy) is 12. The monoisotopic (exact) mass is 1340 g/mol. The van der Waals surface area contributed by atoms with E-state index in [0.29, 0.717) is 64.2 Å². The fourth-order valence-electron chi connectivity index (χ4n) is 18.3. The van der Waals surface area contributed by atoms with E-state index in [1.54, 1.807) is 0 Å². The van der Waals surface area contributed by atoms with Gasteiger partial charge < -0.3 is 144 Å². The Labute approximate surface area is 538 Å². The van der Waals surface area contributed by atoms with Crippen molar-refractivity contribution in [3.63, 3.8) is 0 Å². The van der Waals surface area contributed by atoms with Gasteiger partial charge in [-0.3, -0.25) is 4.79 Å². The maximum Gasteiger partial charge on any atom is 0.315 e. The second-order valence-corrected chi connectivity index (χ2v) is 29.4. The van der Waals surface area contributed by atoms with Crippen molar-refractivity contribution < 1.29 is 148 Å². The van der Waals surface area contributed by atoms with Crippen LogP contribution in [0.4, 0.5) is 0 Å². The van der Waals surface area contributed by atoms with Crippen LogP contribution in [0.3, 0.4) is 0 Å². The second kappa shape index (κ2) is 27.4. The van der Waals surface area contributed by atoms with Crippen LogP contribution in [0.2, 0.25) is 0 Å². The molecule has 0 spiro atoms. The molecule has 0 radical (unpaired) electrons. The van der Waals surface area contributed by atoms with Crippen molar-refractivity contribution in [2.45, 2.75) is 284 Å². The number of fused-ring (bicyclic) bond motifs is 7. The maximum atomic E-state index is 15.2. The van der Waals surface area contributed by atoms with Crippen LogP contribution in [-0.4, -0.2) is 304 Å². The van der Waals surface area contributed by atoms with Gasteiger partial charge >= 0.3 is 5.97 Å². The predicted octanol–water partition coefficient (Wildman–Crippen LogP) is -4.55. The summed E-state index contributed by atoms with van der Waals surface area (Å²) in [6.07, 6.45) is -38.4. The Bertz CT molecular complexity index is 2640. The van der Waals surface area contributed by atoms with Gasteiger partial charge in [-0.15, -0.1) is 0 Å². The van der Waals surface area contributed by atoms with E-state index in [4.69, 9.17) is 56.8 Å². The van der Waals surface area contributed by atoms with Gasteiger partial charge in [0.15, 0.2) is 31.5 Å². The number of carbonyl (C=O) groups excluding carboxylic acids is 1. The minimum absolute atomic E-state index is 0.0421. The van der Waals surface area contributed by atoms with E-state index in [2.05, 4.69) is 33.4 Å². The first kappa shape index (κ1) is 72.1. The Kier molecular flexibility index (Phi) is 21.2. The number of hydrogen-bond acceptors (Lipinski definition) is 30. The summed E-state index contributed by atoms with van der Waals surface area (Å²) in [5, 5.41) is 185. The third-order valence-electron chi connectivity index (χ3n) is 24.3. The lowest BCUT2D eigenvalue weighted by atomic mass is 9.34. The first-order chi connectivity index (χ1) is 43.8. The minimum atomic E-state index is -1.93. The zero-order valence-electron chi connectivity index (χ0n) is 53.3. The number of rotatable bonds is 15. The number of allylic oxidation sites excluding steroid dienone is 3. The molecule has 0 unspecified atom stereocenters. The summed E-state index contributed by atoms with van der Waals surface area (Å²) in [6.45, 7) is 13.5. The Balaban J connectivity index is 0.786. The van der Waals surface area contributed by atoms with Crippen molar-refractivity contribution in [2.75, 3.05) is 33.0 Å². The zero-order valence-corrected chi connectivity index (χ0v) is 53.3. The van der Waals surface area contributed by atoms with E-state index in [9.17, 15) is 86.8 Å². The smallest absolute Gasteiger partial charge is 0.315 e. The number of carbonyl (C=O) groups is 1. The number of aliphatic hydroxyl groups excluding tert-OH is 17. The van der Waals surface area contributed by atoms with Crippen LogP contribution in [0, 0.1) is 44.8 Å². The normalized spacial score (nSPS) is 55.2. The van der Waals surface area contributed by atoms with E-state index in [1.165, 1.54) is 13.8 Å². The molecule has 0 amide bonds. The summed E-state index contributed by atoms with van der Waals surface area (Å²) >= 11 is 0. The van der Waals surface area contributed by atoms with Gasteiger partial charge in [0.05, 0.1) is 56.8 Å². The highest BCUT2D eigenvalue weighted by Crippen LogP contribution is 2.76. The van der Waals surface area contributed by atoms with Crippen molar-refractivity contribution in [3.05, 3.63) is 23.8 Å². The highest BCUT2D eigenvalue weighted by Gasteiger charge is 2.71. The summed E-state index contributed by atoms with van der Waals surface area (Å²) in [4.78, 5) is 15.2. The standard InChI is InChI=1S/C63H100O30/c1-24-10-15-63(58(81)93-56-47(79)42(74)39(71)32(88-56)22-84-52-48(80)43(75)50(31(19-64)87-52)91-54-45(77)40(72)36(68)25(2)85-54)17-16-61(6)27(28(63)18-24)8-9-34-59(4)13-12-35(60(5,23-65)33(59)11-14-62(34,61)7)89-57-51(92-55-46(78)41(73)37(69)26(3)86-55)49(30(67)21-83-57)90-53-44(76)38(70)29(66)20-82-53/h8,25-26,28-57,64-80H,1,9-23H2,2-7H3/t25-,26-,28-,29+,30-,31+,32+,33+,34+,35-,36-,37-,38-,39-,40+,41+,42-,43-,44+,45+,46+,47+,48+,49-,50-,51+,52+,53-,54-,55-,56-,57-,59-,60-,61+,62+,63-/m0/s1. The van der Waals surface area contributed by atoms with Crippen LogP contribution in [0.1, 0.15) is 106 Å². The lowest BCUT2D eigenvalue weighted by Gasteiger charge is -2.71. The van der Waals surface area contributed by atoms with Gasteiger partial charge in [-0.25, -0.2) is 0 Å². The van der Waals surface area contributed by atoms with E-state index in [0.717, 1.165) is 11.1 Å². The summed E-state index contributed by atoms with van der Waals surface area (Å²) in [5.74, 6) is -1.20. The predicted molar refractivity (Wildman–Crippen MR) is 310 cm³/mol. The molecule has 37 atom stereocenters. The molecule has 10 fully saturated rings. The third-order valence-corrected chi connectivity index (χ3v) is 24.3. The van der Waals surface area contributed by atoms with Crippen molar-refractivity contribution in [1.82, 2.24) is 0 Å². The molecule has 5 aliphatic carbocycles. The molecule has 6 saturated heterocycles. The largest absolute Gasteiger partial charge is 0.432 e. The quantitative estimate of drug-likeness (QED) is 0.0417. The van der Waals surface area contributed by atoms with E-state index >= 15 is 4.79 Å². The van der Waals surface area contributed by atoms with Crippen molar-refractivity contribution in [2.24, 2.45) is 44.8 Å². The Morgan fingerprint density at radius 1 is 0.548 bits per heavy atom. The average Bonchev–Trinajstić information content (AvgIpc) is 0.677. The molecule has 532 valence electrons. The number of esters is 1. The van der Waals surface area contributed by atoms with Crippen molar-refractivity contribution >= 4 is 5.97 Å². The summed E-state index contributed by atoms with van der Waals surface area (Å²) in [7, 11) is 0. The molecule has 6 aliphatic heterocycles. The molecule has 11 rings (SSSR count). The highest BCUT2D eigenvalue weighted by molar-refractivity contribution is 5.79. The lowest BCUT2D eigenvalue weighted by Crippen LogP contribution is -2.67. The average molecular weight is 1340 g/mol. The summed E-state index contributed by atoms with van der Waals surface area (Å²) in [5.41, 5.74) is -1.32. The van der Waals surface area contributed by atoms with Crippen LogP contribution in [0.5, 0.6) is 0 Å². The number of aliphatic hydroxyl groups is 17. The molecular formula is C63H100O30. The summed E-state index contributed by atoms with van der Waals surface area (Å²) in [6, 6.07) is 0. The fourth-order valence-corrected chi connectivity index (χ4v) is 18.3. The highest BCUT2D eigenvalue weighted by atomic mass is 16.8. The van der Waals surface area contributed by atoms with Gasteiger partial charge in [0.1, 0.15) is 122 Å². The van der Waals surface area contributed by atoms with Gasteiger partial charge in [-0.2, -0.15) is 0 Å². The van der Waals surface area contributed by atoms with Gasteiger partial charge in [-0.05, 0) is 106 Å². The molecule has 0 aromatic heterocycles. The topological polar surface area (TPSA) is 472 Å². The third kappa shape index (κ3) is 12.4. The van der Waals surface area contributed by atoms with Gasteiger partial charge in [0.25, 0.3) is 0 Å². The van der Waals surface area contributed by atoms with Crippen LogP contribution >= 0.6 is 0 Å².